The number of nitrogens with zero attached hydrogens (tertiary/aromatic N) is 1. The van der Waals surface area contributed by atoms with E-state index >= 15 is 0 Å². The van der Waals surface area contributed by atoms with Gasteiger partial charge in [0.25, 0.3) is 0 Å². The number of carbonyl (C=O) groups excluding carboxylic acids is 2. The van der Waals surface area contributed by atoms with Crippen LogP contribution < -0.4 is 5.32 Å². The number of hydrogen-bond donors (Lipinski definition) is 1. The van der Waals surface area contributed by atoms with E-state index in [1.807, 2.05) is 6.92 Å². The number of ether oxygens (including phenoxy) is 1. The molecule has 1 aromatic heterocycles. The molecule has 1 aliphatic rings. The molecule has 1 aliphatic heterocycles. The fourth-order valence-electron chi connectivity index (χ4n) is 1.89. The Labute approximate surface area is 92.8 Å². The average molecular weight is 220 g/mol. The van der Waals surface area contributed by atoms with Crippen LogP contribution in [-0.2, 0) is 16.0 Å². The smallest absolute Gasteiger partial charge is 0.339 e. The lowest BCUT2D eigenvalue weighted by molar-refractivity contribution is -0.121. The molecule has 2 heterocycles. The summed E-state index contributed by atoms with van der Waals surface area (Å²) < 4.78 is 4.66. The van der Waals surface area contributed by atoms with Crippen LogP contribution in [-0.4, -0.2) is 24.0 Å². The van der Waals surface area contributed by atoms with Gasteiger partial charge in [-0.15, -0.1) is 0 Å². The fourth-order valence-corrected chi connectivity index (χ4v) is 1.89. The van der Waals surface area contributed by atoms with Crippen LogP contribution in [0.4, 0.5) is 0 Å². The van der Waals surface area contributed by atoms with E-state index < -0.39 is 5.97 Å². The highest BCUT2D eigenvalue weighted by Gasteiger charge is 2.26. The van der Waals surface area contributed by atoms with Crippen molar-refractivity contribution in [2.24, 2.45) is 0 Å². The minimum Gasteiger partial charge on any atom is -0.465 e. The van der Waals surface area contributed by atoms with E-state index in [1.54, 1.807) is 6.20 Å². The van der Waals surface area contributed by atoms with E-state index in [-0.39, 0.29) is 18.4 Å². The monoisotopic (exact) mass is 220 g/mol. The molecule has 0 saturated carbocycles. The molecule has 1 N–H and O–H groups in total. The number of hydrogen-bond acceptors (Lipinski definition) is 4. The van der Waals surface area contributed by atoms with Crippen LogP contribution in [0.5, 0.6) is 0 Å². The van der Waals surface area contributed by atoms with Gasteiger partial charge in [-0.05, 0) is 18.1 Å². The molecule has 84 valence electrons. The lowest BCUT2D eigenvalue weighted by atomic mass is 9.93. The van der Waals surface area contributed by atoms with E-state index in [2.05, 4.69) is 15.0 Å². The number of pyridine rings is 1. The third-order valence-corrected chi connectivity index (χ3v) is 2.68. The van der Waals surface area contributed by atoms with Crippen molar-refractivity contribution in [1.82, 2.24) is 10.3 Å². The molecule has 0 aliphatic carbocycles. The van der Waals surface area contributed by atoms with Crippen LogP contribution in [0.3, 0.4) is 0 Å². The van der Waals surface area contributed by atoms with Gasteiger partial charge in [0, 0.05) is 12.4 Å². The summed E-state index contributed by atoms with van der Waals surface area (Å²) in [6.45, 7) is 1.86. The number of fused-ring (bicyclic) bond motifs is 1. The molecule has 0 fully saturated rings. The summed E-state index contributed by atoms with van der Waals surface area (Å²) in [5.41, 5.74) is 1.97. The van der Waals surface area contributed by atoms with Gasteiger partial charge in [-0.2, -0.15) is 0 Å². The number of rotatable bonds is 1. The Morgan fingerprint density at radius 2 is 2.31 bits per heavy atom. The maximum absolute atomic E-state index is 11.5. The maximum atomic E-state index is 11.5. The number of carbonyl (C=O) groups is 2. The van der Waals surface area contributed by atoms with Gasteiger partial charge in [-0.3, -0.25) is 9.78 Å². The molecule has 0 saturated heterocycles. The first-order valence-electron chi connectivity index (χ1n) is 4.98. The number of aromatic nitrogens is 1. The molecule has 16 heavy (non-hydrogen) atoms. The van der Waals surface area contributed by atoms with Crippen molar-refractivity contribution in [3.05, 3.63) is 29.1 Å². The molecular formula is C11H12N2O3. The molecule has 0 aromatic carbocycles. The van der Waals surface area contributed by atoms with E-state index in [0.29, 0.717) is 5.56 Å². The molecule has 1 aromatic rings. The molecule has 5 nitrogen and oxygen atoms in total. The van der Waals surface area contributed by atoms with Crippen molar-refractivity contribution in [3.63, 3.8) is 0 Å². The highest BCUT2D eigenvalue weighted by molar-refractivity contribution is 5.94. The van der Waals surface area contributed by atoms with Gasteiger partial charge in [0.15, 0.2) is 0 Å². The Bertz CT molecular complexity index is 457. The third kappa shape index (κ3) is 1.64. The lowest BCUT2D eigenvalue weighted by Gasteiger charge is -2.24. The Hall–Kier alpha value is -1.91. The summed E-state index contributed by atoms with van der Waals surface area (Å²) in [5, 5.41) is 2.79. The first-order valence-corrected chi connectivity index (χ1v) is 4.98. The first kappa shape index (κ1) is 10.6. The van der Waals surface area contributed by atoms with Crippen LogP contribution in [0.2, 0.25) is 0 Å². The topological polar surface area (TPSA) is 68.3 Å². The molecule has 0 bridgehead atoms. The summed E-state index contributed by atoms with van der Waals surface area (Å²) in [7, 11) is 1.31. The lowest BCUT2D eigenvalue weighted by Crippen LogP contribution is -2.35. The number of nitrogens with one attached hydrogen (secondary N) is 1. The molecule has 0 radical (unpaired) electrons. The molecule has 1 amide bonds. The molecule has 2 rings (SSSR count). The van der Waals surface area contributed by atoms with E-state index in [1.165, 1.54) is 13.3 Å². The zero-order valence-corrected chi connectivity index (χ0v) is 9.11. The van der Waals surface area contributed by atoms with Crippen molar-refractivity contribution in [3.8, 4) is 0 Å². The van der Waals surface area contributed by atoms with Crippen LogP contribution in [0.25, 0.3) is 0 Å². The second kappa shape index (κ2) is 3.92. The number of esters is 1. The van der Waals surface area contributed by atoms with Gasteiger partial charge < -0.3 is 10.1 Å². The van der Waals surface area contributed by atoms with Crippen molar-refractivity contribution < 1.29 is 14.3 Å². The average Bonchev–Trinajstić information content (AvgIpc) is 2.27. The molecule has 1 atom stereocenters. The van der Waals surface area contributed by atoms with Crippen molar-refractivity contribution in [2.45, 2.75) is 19.4 Å². The number of methoxy groups -OCH3 is 1. The highest BCUT2D eigenvalue weighted by atomic mass is 16.5. The Kier molecular flexibility index (Phi) is 2.60. The van der Waals surface area contributed by atoms with Gasteiger partial charge in [-0.25, -0.2) is 4.79 Å². The van der Waals surface area contributed by atoms with Crippen molar-refractivity contribution >= 4 is 11.9 Å². The minimum absolute atomic E-state index is 0.0867. The zero-order chi connectivity index (χ0) is 11.7. The fraction of sp³-hybridized carbons (Fsp3) is 0.364. The standard InChI is InChI=1S/C11H12N2O3/c1-6-8-4-12-5-9(11(15)16-2)7(8)3-10(14)13-6/h4-6H,3H2,1-2H3,(H,13,14)/t6-/m1/s1. The quantitative estimate of drug-likeness (QED) is 0.704. The zero-order valence-electron chi connectivity index (χ0n) is 9.11. The van der Waals surface area contributed by atoms with Crippen molar-refractivity contribution in [1.29, 1.82) is 0 Å². The first-order chi connectivity index (χ1) is 7.63. The third-order valence-electron chi connectivity index (χ3n) is 2.68. The predicted molar refractivity (Wildman–Crippen MR) is 55.8 cm³/mol. The Morgan fingerprint density at radius 3 is 3.00 bits per heavy atom. The minimum atomic E-state index is -0.453. The normalized spacial score (nSPS) is 18.6. The van der Waals surface area contributed by atoms with E-state index in [0.717, 1.165) is 11.1 Å². The summed E-state index contributed by atoms with van der Waals surface area (Å²) in [6.07, 6.45) is 3.31. The maximum Gasteiger partial charge on any atom is 0.339 e. The highest BCUT2D eigenvalue weighted by Crippen LogP contribution is 2.25. The van der Waals surface area contributed by atoms with Gasteiger partial charge in [-0.1, -0.05) is 0 Å². The largest absolute Gasteiger partial charge is 0.465 e. The summed E-state index contributed by atoms with van der Waals surface area (Å²) in [5.74, 6) is -0.539. The van der Waals surface area contributed by atoms with Crippen LogP contribution in [0.15, 0.2) is 12.4 Å². The summed E-state index contributed by atoms with van der Waals surface area (Å²) in [6, 6.07) is -0.117. The predicted octanol–water partition coefficient (Wildman–Crippen LogP) is 0.601. The van der Waals surface area contributed by atoms with Gasteiger partial charge >= 0.3 is 5.97 Å². The van der Waals surface area contributed by atoms with Crippen LogP contribution in [0.1, 0.15) is 34.5 Å². The second-order valence-electron chi connectivity index (χ2n) is 3.71. The molecule has 5 heteroatoms. The second-order valence-corrected chi connectivity index (χ2v) is 3.71. The molecule has 0 spiro atoms. The van der Waals surface area contributed by atoms with Gasteiger partial charge in [0.05, 0.1) is 25.1 Å². The number of amides is 1. The van der Waals surface area contributed by atoms with Gasteiger partial charge in [0.2, 0.25) is 5.91 Å². The molecular weight excluding hydrogens is 208 g/mol. The summed E-state index contributed by atoms with van der Waals surface area (Å²) in [4.78, 5) is 26.9. The Balaban J connectivity index is 2.54. The van der Waals surface area contributed by atoms with Gasteiger partial charge in [0.1, 0.15) is 0 Å². The van der Waals surface area contributed by atoms with E-state index in [4.69, 9.17) is 0 Å². The Morgan fingerprint density at radius 1 is 1.56 bits per heavy atom. The van der Waals surface area contributed by atoms with E-state index in [9.17, 15) is 9.59 Å². The van der Waals surface area contributed by atoms with Crippen LogP contribution >= 0.6 is 0 Å². The summed E-state index contributed by atoms with van der Waals surface area (Å²) >= 11 is 0. The SMILES string of the molecule is COC(=O)c1cncc2c1CC(=O)N[C@@H]2C. The van der Waals surface area contributed by atoms with Crippen LogP contribution in [0, 0.1) is 0 Å². The molecule has 0 unspecified atom stereocenters. The van der Waals surface area contributed by atoms with Crippen molar-refractivity contribution in [2.75, 3.05) is 7.11 Å².